The summed E-state index contributed by atoms with van der Waals surface area (Å²) in [4.78, 5) is 47.0. The number of carbonyl (C=O) groups is 3. The summed E-state index contributed by atoms with van der Waals surface area (Å²) in [7, 11) is 0. The molecule has 2 aromatic carbocycles. The van der Waals surface area contributed by atoms with Gasteiger partial charge in [0.25, 0.3) is 5.69 Å². The second-order valence-corrected chi connectivity index (χ2v) is 9.00. The number of azo groups is 1. The van der Waals surface area contributed by atoms with E-state index in [0.29, 0.717) is 39.1 Å². The number of hydrogen-bond donors (Lipinski definition) is 1. The Balaban J connectivity index is 2.29. The average Bonchev–Trinajstić information content (AvgIpc) is 2.78. The van der Waals surface area contributed by atoms with Crippen molar-refractivity contribution in [1.29, 1.82) is 0 Å². The molecule has 0 aliphatic heterocycles. The van der Waals surface area contributed by atoms with Crippen molar-refractivity contribution in [3.8, 4) is 0 Å². The first-order valence-electron chi connectivity index (χ1n) is 10.4. The van der Waals surface area contributed by atoms with Gasteiger partial charge in [0.05, 0.1) is 26.0 Å². The van der Waals surface area contributed by atoms with Crippen molar-refractivity contribution in [2.45, 2.75) is 27.2 Å². The number of Topliss-reactive ketones (excluding diaryl/α,β-unsaturated/α-hetero) is 1. The zero-order valence-electron chi connectivity index (χ0n) is 19.2. The maximum atomic E-state index is 11.9. The topological polar surface area (TPSA) is 144 Å². The summed E-state index contributed by atoms with van der Waals surface area (Å²) in [5, 5.41) is 22.2. The number of esters is 1. The highest BCUT2D eigenvalue weighted by Gasteiger charge is 2.15. The Morgan fingerprint density at radius 3 is 2.31 bits per heavy atom. The van der Waals surface area contributed by atoms with E-state index in [1.807, 2.05) is 11.8 Å². The molecule has 186 valence electrons. The Kier molecular flexibility index (Phi) is 10.5. The number of nitro benzene ring substituents is 1. The molecule has 0 fully saturated rings. The van der Waals surface area contributed by atoms with Crippen molar-refractivity contribution >= 4 is 78.0 Å². The molecule has 0 aliphatic rings. The van der Waals surface area contributed by atoms with Crippen LogP contribution < -0.4 is 10.2 Å². The van der Waals surface area contributed by atoms with Crippen LogP contribution in [0.3, 0.4) is 0 Å². The van der Waals surface area contributed by atoms with Gasteiger partial charge in [-0.05, 0) is 63.9 Å². The fourth-order valence-corrected chi connectivity index (χ4v) is 4.23. The number of nitro groups is 1. The number of carbonyl (C=O) groups excluding carboxylic acids is 3. The van der Waals surface area contributed by atoms with Gasteiger partial charge in [0, 0.05) is 37.8 Å². The number of hydrogen-bond acceptors (Lipinski definition) is 9. The van der Waals surface area contributed by atoms with Crippen LogP contribution in [-0.4, -0.2) is 42.3 Å². The van der Waals surface area contributed by atoms with E-state index in [0.717, 1.165) is 5.69 Å². The predicted octanol–water partition coefficient (Wildman–Crippen LogP) is 5.84. The highest BCUT2D eigenvalue weighted by Crippen LogP contribution is 2.39. The van der Waals surface area contributed by atoms with Crippen LogP contribution in [0.4, 0.5) is 28.4 Å². The van der Waals surface area contributed by atoms with E-state index in [2.05, 4.69) is 47.4 Å². The van der Waals surface area contributed by atoms with Gasteiger partial charge in [-0.15, -0.1) is 10.2 Å². The molecule has 0 radical (unpaired) electrons. The summed E-state index contributed by atoms with van der Waals surface area (Å²) < 4.78 is 5.64. The Morgan fingerprint density at radius 2 is 1.77 bits per heavy atom. The lowest BCUT2D eigenvalue weighted by Crippen LogP contribution is -2.27. The van der Waals surface area contributed by atoms with Crippen molar-refractivity contribution in [3.05, 3.63) is 49.4 Å². The smallest absolute Gasteiger partial charge is 0.308 e. The second kappa shape index (κ2) is 13.0. The van der Waals surface area contributed by atoms with Crippen molar-refractivity contribution < 1.29 is 24.0 Å². The van der Waals surface area contributed by atoms with Crippen molar-refractivity contribution in [2.24, 2.45) is 10.2 Å². The number of ether oxygens (including phenoxy) is 1. The Labute approximate surface area is 218 Å². The maximum Gasteiger partial charge on any atom is 0.308 e. The predicted molar refractivity (Wildman–Crippen MR) is 138 cm³/mol. The fourth-order valence-electron chi connectivity index (χ4n) is 2.90. The molecule has 0 aromatic heterocycles. The highest BCUT2D eigenvalue weighted by atomic mass is 79.9. The molecular weight excluding hydrogens is 590 g/mol. The molecule has 2 rings (SSSR count). The minimum absolute atomic E-state index is 0.0836. The molecule has 13 heteroatoms. The molecule has 1 amide bonds. The van der Waals surface area contributed by atoms with Crippen molar-refractivity contribution in [1.82, 2.24) is 0 Å². The molecule has 0 unspecified atom stereocenters. The van der Waals surface area contributed by atoms with Crippen LogP contribution >= 0.6 is 31.9 Å². The minimum Gasteiger partial charge on any atom is -0.458 e. The van der Waals surface area contributed by atoms with Crippen LogP contribution in [0.25, 0.3) is 0 Å². The Morgan fingerprint density at radius 1 is 1.11 bits per heavy atom. The maximum absolute atomic E-state index is 11.9. The number of amides is 1. The zero-order valence-corrected chi connectivity index (χ0v) is 22.4. The molecule has 0 bridgehead atoms. The Hall–Kier alpha value is -3.19. The summed E-state index contributed by atoms with van der Waals surface area (Å²) in [5.74, 6) is -1.03. The third kappa shape index (κ3) is 8.51. The summed E-state index contributed by atoms with van der Waals surface area (Å²) in [6.45, 7) is 5.28. The van der Waals surface area contributed by atoms with Gasteiger partial charge in [-0.25, -0.2) is 0 Å². The number of rotatable bonds is 11. The van der Waals surface area contributed by atoms with Gasteiger partial charge in [0.15, 0.2) is 5.78 Å². The third-order valence-electron chi connectivity index (χ3n) is 4.53. The van der Waals surface area contributed by atoms with E-state index in [4.69, 9.17) is 4.74 Å². The molecule has 11 nitrogen and oxygen atoms in total. The number of halogens is 2. The van der Waals surface area contributed by atoms with E-state index in [1.165, 1.54) is 26.0 Å². The lowest BCUT2D eigenvalue weighted by atomic mass is 10.2. The molecule has 35 heavy (non-hydrogen) atoms. The molecule has 0 spiro atoms. The fraction of sp³-hybridized carbons (Fsp3) is 0.318. The van der Waals surface area contributed by atoms with Crippen molar-refractivity contribution in [2.75, 3.05) is 29.9 Å². The number of non-ortho nitro benzene ring substituents is 1. The van der Waals surface area contributed by atoms with E-state index >= 15 is 0 Å². The lowest BCUT2D eigenvalue weighted by Gasteiger charge is -2.23. The summed E-state index contributed by atoms with van der Waals surface area (Å²) in [6.07, 6.45) is 0.0836. The molecule has 0 heterocycles. The standard InChI is InChI=1S/C22H23Br2N5O6/c1-4-28(8-7-21(32)35-12-13(2)30)15-5-6-19(20(11-15)25-14(3)31)26-27-22-17(23)9-16(29(33)34)10-18(22)24/h5-6,9-11H,4,7-8,12H2,1-3H3,(H,25,31)/b27-26+. The lowest BCUT2D eigenvalue weighted by molar-refractivity contribution is -0.385. The summed E-state index contributed by atoms with van der Waals surface area (Å²) in [5.41, 5.74) is 1.71. The molecule has 0 saturated heterocycles. The molecule has 1 N–H and O–H groups in total. The first-order valence-corrected chi connectivity index (χ1v) is 12.0. The number of nitrogens with zero attached hydrogens (tertiary/aromatic N) is 4. The molecule has 2 aromatic rings. The van der Waals surface area contributed by atoms with Gasteiger partial charge >= 0.3 is 5.97 Å². The summed E-state index contributed by atoms with van der Waals surface area (Å²) >= 11 is 6.53. The van der Waals surface area contributed by atoms with Crippen LogP contribution in [0, 0.1) is 10.1 Å². The van der Waals surface area contributed by atoms with Gasteiger partial charge < -0.3 is 15.0 Å². The van der Waals surface area contributed by atoms with E-state index < -0.39 is 10.9 Å². The average molecular weight is 613 g/mol. The minimum atomic E-state index is -0.521. The number of nitrogens with one attached hydrogen (secondary N) is 1. The van der Waals surface area contributed by atoms with Crippen LogP contribution in [0.15, 0.2) is 49.5 Å². The van der Waals surface area contributed by atoms with Crippen LogP contribution in [0.2, 0.25) is 0 Å². The quantitative estimate of drug-likeness (QED) is 0.145. The Bertz CT molecular complexity index is 1150. The van der Waals surface area contributed by atoms with Crippen LogP contribution in [0.5, 0.6) is 0 Å². The largest absolute Gasteiger partial charge is 0.458 e. The molecular formula is C22H23Br2N5O6. The highest BCUT2D eigenvalue weighted by molar-refractivity contribution is 9.11. The number of benzene rings is 2. The third-order valence-corrected chi connectivity index (χ3v) is 5.74. The number of anilines is 2. The first-order chi connectivity index (χ1) is 16.5. The zero-order chi connectivity index (χ0) is 26.1. The van der Waals surface area contributed by atoms with Gasteiger partial charge in [0.1, 0.15) is 18.0 Å². The van der Waals surface area contributed by atoms with Gasteiger partial charge in [-0.2, -0.15) is 0 Å². The monoisotopic (exact) mass is 611 g/mol. The van der Waals surface area contributed by atoms with Gasteiger partial charge in [0.2, 0.25) is 5.91 Å². The normalized spacial score (nSPS) is 10.8. The second-order valence-electron chi connectivity index (χ2n) is 7.29. The first kappa shape index (κ1) is 28.1. The van der Waals surface area contributed by atoms with E-state index in [-0.39, 0.29) is 30.4 Å². The SMILES string of the molecule is CCN(CCC(=O)OCC(C)=O)c1ccc(/N=N/c2c(Br)cc([N+](=O)[O-])cc2Br)c(NC(C)=O)c1. The van der Waals surface area contributed by atoms with Crippen LogP contribution in [-0.2, 0) is 19.1 Å². The van der Waals surface area contributed by atoms with Crippen molar-refractivity contribution in [3.63, 3.8) is 0 Å². The summed E-state index contributed by atoms with van der Waals surface area (Å²) in [6, 6.07) is 7.77. The molecule has 0 atom stereocenters. The van der Waals surface area contributed by atoms with Gasteiger partial charge in [-0.1, -0.05) is 0 Å². The van der Waals surface area contributed by atoms with E-state index in [1.54, 1.807) is 18.2 Å². The number of ketones is 1. The van der Waals surface area contributed by atoms with Crippen LogP contribution in [0.1, 0.15) is 27.2 Å². The molecule has 0 aliphatic carbocycles. The van der Waals surface area contributed by atoms with Gasteiger partial charge in [-0.3, -0.25) is 24.5 Å². The van der Waals surface area contributed by atoms with E-state index in [9.17, 15) is 24.5 Å². The molecule has 0 saturated carbocycles.